The highest BCUT2D eigenvalue weighted by Crippen LogP contribution is 2.34. The van der Waals surface area contributed by atoms with E-state index in [1.165, 1.54) is 11.8 Å². The highest BCUT2D eigenvalue weighted by molar-refractivity contribution is 8.18. The second kappa shape index (κ2) is 8.51. The van der Waals surface area contributed by atoms with Gasteiger partial charge < -0.3 is 14.4 Å². The summed E-state index contributed by atoms with van der Waals surface area (Å²) < 4.78 is 7.15. The van der Waals surface area contributed by atoms with Crippen LogP contribution in [0, 0.1) is 0 Å². The Morgan fingerprint density at radius 2 is 1.83 bits per heavy atom. The topological polar surface area (TPSA) is 67.1 Å². The number of hydrogen-bond acceptors (Lipinski definition) is 5. The summed E-state index contributed by atoms with van der Waals surface area (Å²) in [6.07, 6.45) is 3.80. The molecule has 4 rings (SSSR count). The number of amidine groups is 1. The maximum absolute atomic E-state index is 12.9. The van der Waals surface area contributed by atoms with E-state index in [-0.39, 0.29) is 11.7 Å². The van der Waals surface area contributed by atoms with Crippen LogP contribution in [0.1, 0.15) is 12.6 Å². The van der Waals surface area contributed by atoms with Crippen LogP contribution in [0.15, 0.2) is 76.8 Å². The van der Waals surface area contributed by atoms with E-state index in [9.17, 15) is 9.90 Å². The first-order chi connectivity index (χ1) is 14.6. The molecule has 1 fully saturated rings. The Morgan fingerprint density at radius 3 is 2.50 bits per heavy atom. The molecule has 6 nitrogen and oxygen atoms in total. The van der Waals surface area contributed by atoms with Crippen LogP contribution in [0.5, 0.6) is 11.5 Å². The van der Waals surface area contributed by atoms with Crippen molar-refractivity contribution >= 4 is 34.6 Å². The predicted molar refractivity (Wildman–Crippen MR) is 120 cm³/mol. The van der Waals surface area contributed by atoms with Crippen molar-refractivity contribution in [2.24, 2.45) is 4.99 Å². The number of nitrogens with zero attached hydrogens (tertiary/aromatic N) is 3. The van der Waals surface area contributed by atoms with Crippen LogP contribution < -0.4 is 4.74 Å². The van der Waals surface area contributed by atoms with E-state index in [2.05, 4.69) is 4.99 Å². The number of aliphatic imine (C=N–C) groups is 1. The molecule has 2 aromatic carbocycles. The second-order valence-corrected chi connectivity index (χ2v) is 7.58. The van der Waals surface area contributed by atoms with Gasteiger partial charge in [-0.2, -0.15) is 0 Å². The molecule has 0 atom stereocenters. The van der Waals surface area contributed by atoms with Crippen molar-refractivity contribution in [3.63, 3.8) is 0 Å². The van der Waals surface area contributed by atoms with Crippen molar-refractivity contribution in [1.29, 1.82) is 0 Å². The first kappa shape index (κ1) is 19.8. The molecule has 2 heterocycles. The molecule has 1 aromatic heterocycles. The normalized spacial score (nSPS) is 16.6. The number of aromatic nitrogens is 1. The average molecular weight is 420 g/mol. The van der Waals surface area contributed by atoms with E-state index in [0.717, 1.165) is 22.8 Å². The lowest BCUT2D eigenvalue weighted by Gasteiger charge is -2.12. The Balaban J connectivity index is 1.65. The molecule has 0 bridgehead atoms. The van der Waals surface area contributed by atoms with Gasteiger partial charge in [0.1, 0.15) is 11.5 Å². The number of ether oxygens (including phenoxy) is 1. The van der Waals surface area contributed by atoms with Crippen molar-refractivity contribution in [2.45, 2.75) is 6.92 Å². The molecule has 1 aliphatic heterocycles. The van der Waals surface area contributed by atoms with Crippen LogP contribution in [-0.2, 0) is 4.79 Å². The first-order valence-corrected chi connectivity index (χ1v) is 10.3. The lowest BCUT2D eigenvalue weighted by atomic mass is 10.3. The summed E-state index contributed by atoms with van der Waals surface area (Å²) in [6.45, 7) is 2.47. The number of thioether (sulfide) groups is 1. The maximum Gasteiger partial charge on any atom is 0.266 e. The van der Waals surface area contributed by atoms with Crippen molar-refractivity contribution in [3.8, 4) is 17.2 Å². The Hall–Kier alpha value is -3.45. The number of amides is 1. The highest BCUT2D eigenvalue weighted by atomic mass is 32.2. The number of rotatable bonds is 5. The smallest absolute Gasteiger partial charge is 0.266 e. The molecule has 30 heavy (non-hydrogen) atoms. The van der Waals surface area contributed by atoms with E-state index < -0.39 is 0 Å². The Bertz CT molecular complexity index is 1120. The quantitative estimate of drug-likeness (QED) is 0.603. The van der Waals surface area contributed by atoms with Crippen molar-refractivity contribution < 1.29 is 14.6 Å². The lowest BCUT2D eigenvalue weighted by Crippen LogP contribution is -2.28. The molecule has 7 heteroatoms. The van der Waals surface area contributed by atoms with Gasteiger partial charge in [-0.05, 0) is 85.4 Å². The highest BCUT2D eigenvalue weighted by Gasteiger charge is 2.32. The minimum atomic E-state index is -0.0618. The Morgan fingerprint density at radius 1 is 1.10 bits per heavy atom. The number of methoxy groups -OCH3 is 1. The first-order valence-electron chi connectivity index (χ1n) is 9.50. The molecular weight excluding hydrogens is 398 g/mol. The van der Waals surface area contributed by atoms with Crippen LogP contribution in [-0.4, -0.2) is 39.3 Å². The van der Waals surface area contributed by atoms with Gasteiger partial charge in [-0.15, -0.1) is 0 Å². The molecule has 1 N–H and O–H groups in total. The summed E-state index contributed by atoms with van der Waals surface area (Å²) in [4.78, 5) is 19.9. The summed E-state index contributed by atoms with van der Waals surface area (Å²) in [5.74, 6) is 0.913. The number of carbonyl (C=O) groups excluding carboxylic acids is 1. The van der Waals surface area contributed by atoms with E-state index >= 15 is 0 Å². The van der Waals surface area contributed by atoms with Gasteiger partial charge in [0.25, 0.3) is 5.91 Å². The third kappa shape index (κ3) is 3.97. The summed E-state index contributed by atoms with van der Waals surface area (Å²) in [7, 11) is 1.62. The van der Waals surface area contributed by atoms with Gasteiger partial charge in [0, 0.05) is 24.1 Å². The lowest BCUT2D eigenvalue weighted by molar-refractivity contribution is -0.122. The standard InChI is InChI=1S/C23H21N3O3S/c1-3-25-22(28)21(30-23(25)24-16-6-12-20(29-2)13-7-16)15-18-5-4-14-26(18)17-8-10-19(27)11-9-17/h4-15,27H,3H2,1-2H3/b21-15-,24-23?. The monoisotopic (exact) mass is 419 g/mol. The number of likely N-dealkylation sites (N-methyl/N-ethyl adjacent to an activating group) is 1. The molecule has 1 saturated heterocycles. The maximum atomic E-state index is 12.9. The SMILES string of the molecule is CCN1C(=O)/C(=C/c2cccn2-c2ccc(O)cc2)SC1=Nc1ccc(OC)cc1. The zero-order chi connectivity index (χ0) is 21.1. The van der Waals surface area contributed by atoms with Gasteiger partial charge in [-0.1, -0.05) is 0 Å². The number of phenolic OH excluding ortho intramolecular Hbond substituents is 1. The summed E-state index contributed by atoms with van der Waals surface area (Å²) in [5, 5.41) is 10.2. The van der Waals surface area contributed by atoms with Crippen LogP contribution >= 0.6 is 11.8 Å². The fourth-order valence-corrected chi connectivity index (χ4v) is 4.18. The number of carbonyl (C=O) groups is 1. The van der Waals surface area contributed by atoms with Crippen LogP contribution in [0.3, 0.4) is 0 Å². The summed E-state index contributed by atoms with van der Waals surface area (Å²) in [6, 6.07) is 18.2. The summed E-state index contributed by atoms with van der Waals surface area (Å²) >= 11 is 1.36. The minimum absolute atomic E-state index is 0.0618. The fraction of sp³-hybridized carbons (Fsp3) is 0.130. The van der Waals surface area contributed by atoms with E-state index in [1.807, 2.05) is 72.3 Å². The molecule has 152 valence electrons. The third-order valence-corrected chi connectivity index (χ3v) is 5.70. The predicted octanol–water partition coefficient (Wildman–Crippen LogP) is 4.82. The largest absolute Gasteiger partial charge is 0.508 e. The van der Waals surface area contributed by atoms with Crippen LogP contribution in [0.4, 0.5) is 5.69 Å². The third-order valence-electron chi connectivity index (χ3n) is 4.69. The van der Waals surface area contributed by atoms with Crippen molar-refractivity contribution in [2.75, 3.05) is 13.7 Å². The molecule has 1 aliphatic rings. The Kier molecular flexibility index (Phi) is 5.63. The molecule has 3 aromatic rings. The molecule has 0 aliphatic carbocycles. The summed E-state index contributed by atoms with van der Waals surface area (Å²) in [5.41, 5.74) is 2.54. The number of phenols is 1. The van der Waals surface area contributed by atoms with Gasteiger partial charge in [0.2, 0.25) is 0 Å². The van der Waals surface area contributed by atoms with Crippen LogP contribution in [0.2, 0.25) is 0 Å². The zero-order valence-electron chi connectivity index (χ0n) is 16.6. The molecule has 0 saturated carbocycles. The number of hydrogen-bond donors (Lipinski definition) is 1. The molecule has 0 radical (unpaired) electrons. The molecular formula is C23H21N3O3S. The zero-order valence-corrected chi connectivity index (χ0v) is 17.5. The van der Waals surface area contributed by atoms with Crippen LogP contribution in [0.25, 0.3) is 11.8 Å². The van der Waals surface area contributed by atoms with Gasteiger partial charge in [-0.25, -0.2) is 4.99 Å². The van der Waals surface area contributed by atoms with Gasteiger partial charge in [0.05, 0.1) is 17.7 Å². The fourth-order valence-electron chi connectivity index (χ4n) is 3.13. The molecule has 0 unspecified atom stereocenters. The van der Waals surface area contributed by atoms with Gasteiger partial charge >= 0.3 is 0 Å². The molecule has 1 amide bonds. The Labute approximate surface area is 179 Å². The second-order valence-electron chi connectivity index (χ2n) is 6.57. The van der Waals surface area contributed by atoms with Crippen molar-refractivity contribution in [1.82, 2.24) is 9.47 Å². The van der Waals surface area contributed by atoms with E-state index in [1.54, 1.807) is 24.1 Å². The van der Waals surface area contributed by atoms with Gasteiger partial charge in [-0.3, -0.25) is 9.69 Å². The van der Waals surface area contributed by atoms with Crippen molar-refractivity contribution in [3.05, 3.63) is 77.5 Å². The van der Waals surface area contributed by atoms with Gasteiger partial charge in [0.15, 0.2) is 5.17 Å². The van der Waals surface area contributed by atoms with E-state index in [4.69, 9.17) is 4.74 Å². The minimum Gasteiger partial charge on any atom is -0.508 e. The number of benzene rings is 2. The average Bonchev–Trinajstić information content (AvgIpc) is 3.34. The molecule has 0 spiro atoms. The number of aromatic hydroxyl groups is 1. The van der Waals surface area contributed by atoms with E-state index in [0.29, 0.717) is 16.6 Å².